The summed E-state index contributed by atoms with van der Waals surface area (Å²) in [7, 11) is 0. The van der Waals surface area contributed by atoms with E-state index in [0.717, 1.165) is 6.42 Å². The van der Waals surface area contributed by atoms with Gasteiger partial charge in [-0.15, -0.1) is 0 Å². The van der Waals surface area contributed by atoms with E-state index in [2.05, 4.69) is 26.1 Å². The molecule has 0 radical (unpaired) electrons. The smallest absolute Gasteiger partial charge is 0.228 e. The summed E-state index contributed by atoms with van der Waals surface area (Å²) in [6.45, 7) is 6.56. The second-order valence-electron chi connectivity index (χ2n) is 5.74. The van der Waals surface area contributed by atoms with Crippen LogP contribution in [0.1, 0.15) is 27.2 Å². The van der Waals surface area contributed by atoms with Gasteiger partial charge in [-0.25, -0.2) is 0 Å². The van der Waals surface area contributed by atoms with Crippen molar-refractivity contribution in [2.75, 3.05) is 11.9 Å². The number of hydrogen-bond acceptors (Lipinski definition) is 3. The number of carbonyl (C=O) groups excluding carboxylic acids is 1. The number of aromatic hydroxyl groups is 1. The Morgan fingerprint density at radius 1 is 1.44 bits per heavy atom. The number of anilines is 1. The van der Waals surface area contributed by atoms with Gasteiger partial charge in [0.15, 0.2) is 0 Å². The van der Waals surface area contributed by atoms with Gasteiger partial charge in [-0.2, -0.15) is 0 Å². The van der Waals surface area contributed by atoms with E-state index in [-0.39, 0.29) is 23.0 Å². The molecule has 4 heteroatoms. The molecule has 1 aromatic rings. The van der Waals surface area contributed by atoms with Crippen LogP contribution in [0.25, 0.3) is 0 Å². The highest BCUT2D eigenvalue weighted by atomic mass is 16.3. The first kappa shape index (κ1) is 14.5. The van der Waals surface area contributed by atoms with Crippen molar-refractivity contribution in [3.63, 3.8) is 0 Å². The number of phenolic OH excluding ortho intramolecular Hbond substituents is 1. The number of rotatable bonds is 4. The molecule has 0 aliphatic carbocycles. The van der Waals surface area contributed by atoms with E-state index in [9.17, 15) is 9.90 Å². The van der Waals surface area contributed by atoms with Crippen molar-refractivity contribution >= 4 is 11.6 Å². The monoisotopic (exact) mass is 250 g/mol. The number of benzene rings is 1. The Balaban J connectivity index is 2.68. The van der Waals surface area contributed by atoms with Crippen LogP contribution in [0.3, 0.4) is 0 Å². The summed E-state index contributed by atoms with van der Waals surface area (Å²) in [6.07, 6.45) is 0.730. The van der Waals surface area contributed by atoms with Crippen molar-refractivity contribution in [2.24, 2.45) is 17.1 Å². The van der Waals surface area contributed by atoms with Crippen molar-refractivity contribution < 1.29 is 9.90 Å². The van der Waals surface area contributed by atoms with Crippen LogP contribution in [-0.2, 0) is 4.79 Å². The predicted molar refractivity (Wildman–Crippen MR) is 73.4 cm³/mol. The molecular weight excluding hydrogens is 228 g/mol. The summed E-state index contributed by atoms with van der Waals surface area (Å²) >= 11 is 0. The third-order valence-electron chi connectivity index (χ3n) is 2.63. The van der Waals surface area contributed by atoms with Crippen LogP contribution >= 0.6 is 0 Å². The van der Waals surface area contributed by atoms with Crippen LogP contribution in [0.15, 0.2) is 24.3 Å². The predicted octanol–water partition coefficient (Wildman–Crippen LogP) is 2.34. The van der Waals surface area contributed by atoms with E-state index in [1.807, 2.05) is 0 Å². The van der Waals surface area contributed by atoms with Gasteiger partial charge in [0.1, 0.15) is 5.75 Å². The van der Waals surface area contributed by atoms with Crippen molar-refractivity contribution in [3.05, 3.63) is 24.3 Å². The highest BCUT2D eigenvalue weighted by Crippen LogP contribution is 2.25. The summed E-state index contributed by atoms with van der Waals surface area (Å²) in [6, 6.07) is 6.50. The van der Waals surface area contributed by atoms with E-state index < -0.39 is 0 Å². The molecule has 0 aromatic heterocycles. The van der Waals surface area contributed by atoms with Crippen LogP contribution in [-0.4, -0.2) is 17.6 Å². The zero-order valence-corrected chi connectivity index (χ0v) is 11.2. The Kier molecular flexibility index (Phi) is 4.73. The Bertz CT molecular complexity index is 411. The van der Waals surface area contributed by atoms with Crippen molar-refractivity contribution in [1.29, 1.82) is 0 Å². The van der Waals surface area contributed by atoms with Gasteiger partial charge in [-0.3, -0.25) is 4.79 Å². The molecule has 0 bridgehead atoms. The lowest BCUT2D eigenvalue weighted by Crippen LogP contribution is -2.32. The van der Waals surface area contributed by atoms with Gasteiger partial charge >= 0.3 is 0 Å². The van der Waals surface area contributed by atoms with E-state index in [1.165, 1.54) is 6.07 Å². The van der Waals surface area contributed by atoms with Gasteiger partial charge in [0, 0.05) is 18.3 Å². The fourth-order valence-electron chi connectivity index (χ4n) is 1.85. The minimum Gasteiger partial charge on any atom is -0.508 e. The molecule has 0 saturated carbocycles. The summed E-state index contributed by atoms with van der Waals surface area (Å²) in [5.74, 6) is -0.182. The van der Waals surface area contributed by atoms with Crippen molar-refractivity contribution in [2.45, 2.75) is 27.2 Å². The lowest BCUT2D eigenvalue weighted by atomic mass is 9.84. The fourth-order valence-corrected chi connectivity index (χ4v) is 1.85. The number of carbonyl (C=O) groups is 1. The lowest BCUT2D eigenvalue weighted by Gasteiger charge is -2.24. The Labute approximate surface area is 108 Å². The summed E-state index contributed by atoms with van der Waals surface area (Å²) in [5.41, 5.74) is 6.30. The third kappa shape index (κ3) is 4.75. The van der Waals surface area contributed by atoms with E-state index in [0.29, 0.717) is 12.2 Å². The molecule has 18 heavy (non-hydrogen) atoms. The maximum absolute atomic E-state index is 12.1. The minimum atomic E-state index is -0.215. The number of hydrogen-bond donors (Lipinski definition) is 3. The largest absolute Gasteiger partial charge is 0.508 e. The van der Waals surface area contributed by atoms with Gasteiger partial charge in [0.25, 0.3) is 0 Å². The molecular formula is C14H22N2O2. The van der Waals surface area contributed by atoms with Crippen LogP contribution in [0.2, 0.25) is 0 Å². The summed E-state index contributed by atoms with van der Waals surface area (Å²) in [4.78, 5) is 12.1. The molecule has 0 spiro atoms. The first-order valence-corrected chi connectivity index (χ1v) is 6.12. The van der Waals surface area contributed by atoms with E-state index in [1.54, 1.807) is 18.2 Å². The van der Waals surface area contributed by atoms with Crippen molar-refractivity contribution in [1.82, 2.24) is 0 Å². The molecule has 0 aliphatic rings. The first-order chi connectivity index (χ1) is 8.31. The average Bonchev–Trinajstić information content (AvgIpc) is 2.24. The van der Waals surface area contributed by atoms with Gasteiger partial charge < -0.3 is 16.2 Å². The fraction of sp³-hybridized carbons (Fsp3) is 0.500. The second kappa shape index (κ2) is 5.87. The zero-order chi connectivity index (χ0) is 13.8. The highest BCUT2D eigenvalue weighted by Gasteiger charge is 2.23. The Morgan fingerprint density at radius 2 is 2.11 bits per heavy atom. The molecule has 1 atom stereocenters. The third-order valence-corrected chi connectivity index (χ3v) is 2.63. The molecule has 100 valence electrons. The van der Waals surface area contributed by atoms with Crippen LogP contribution < -0.4 is 11.1 Å². The Morgan fingerprint density at radius 3 is 2.61 bits per heavy atom. The standard InChI is InChI=1S/C14H22N2O2/c1-14(2,3)8-10(9-15)13(18)16-11-5-4-6-12(17)7-11/h4-7,10,17H,8-9,15H2,1-3H3,(H,16,18). The average molecular weight is 250 g/mol. The lowest BCUT2D eigenvalue weighted by molar-refractivity contribution is -0.120. The molecule has 4 nitrogen and oxygen atoms in total. The molecule has 1 rings (SSSR count). The maximum Gasteiger partial charge on any atom is 0.228 e. The first-order valence-electron chi connectivity index (χ1n) is 6.12. The number of nitrogens with one attached hydrogen (secondary N) is 1. The van der Waals surface area contributed by atoms with Gasteiger partial charge in [0.2, 0.25) is 5.91 Å². The zero-order valence-electron chi connectivity index (χ0n) is 11.2. The topological polar surface area (TPSA) is 75.4 Å². The molecule has 1 unspecified atom stereocenters. The normalized spacial score (nSPS) is 13.1. The van der Waals surface area contributed by atoms with Gasteiger partial charge in [0.05, 0.1) is 5.92 Å². The summed E-state index contributed by atoms with van der Waals surface area (Å²) in [5, 5.41) is 12.1. The number of phenols is 1. The minimum absolute atomic E-state index is 0.0558. The molecule has 0 heterocycles. The molecule has 4 N–H and O–H groups in total. The molecule has 0 fully saturated rings. The number of nitrogens with two attached hydrogens (primary N) is 1. The second-order valence-corrected chi connectivity index (χ2v) is 5.74. The quantitative estimate of drug-likeness (QED) is 0.767. The highest BCUT2D eigenvalue weighted by molar-refractivity contribution is 5.92. The molecule has 0 saturated heterocycles. The van der Waals surface area contributed by atoms with Crippen LogP contribution in [0.4, 0.5) is 5.69 Å². The maximum atomic E-state index is 12.1. The number of amides is 1. The van der Waals surface area contributed by atoms with Crippen LogP contribution in [0, 0.1) is 11.3 Å². The SMILES string of the molecule is CC(C)(C)CC(CN)C(=O)Nc1cccc(O)c1. The molecule has 1 amide bonds. The van der Waals surface area contributed by atoms with Crippen molar-refractivity contribution in [3.8, 4) is 5.75 Å². The molecule has 1 aromatic carbocycles. The molecule has 0 aliphatic heterocycles. The van der Waals surface area contributed by atoms with E-state index in [4.69, 9.17) is 5.73 Å². The Hall–Kier alpha value is -1.55. The van der Waals surface area contributed by atoms with Crippen LogP contribution in [0.5, 0.6) is 5.75 Å². The summed E-state index contributed by atoms with van der Waals surface area (Å²) < 4.78 is 0. The van der Waals surface area contributed by atoms with Gasteiger partial charge in [-0.05, 0) is 24.0 Å². The van der Waals surface area contributed by atoms with Gasteiger partial charge in [-0.1, -0.05) is 26.8 Å². The van der Waals surface area contributed by atoms with E-state index >= 15 is 0 Å².